The van der Waals surface area contributed by atoms with Crippen LogP contribution in [-0.4, -0.2) is 44.2 Å². The summed E-state index contributed by atoms with van der Waals surface area (Å²) >= 11 is 0. The highest BCUT2D eigenvalue weighted by Crippen LogP contribution is 2.15. The van der Waals surface area contributed by atoms with Gasteiger partial charge in [0.1, 0.15) is 18.3 Å². The highest BCUT2D eigenvalue weighted by molar-refractivity contribution is 5.92. The van der Waals surface area contributed by atoms with Crippen LogP contribution < -0.4 is 10.9 Å². The van der Waals surface area contributed by atoms with Gasteiger partial charge < -0.3 is 10.1 Å². The van der Waals surface area contributed by atoms with Crippen molar-refractivity contribution in [3.8, 4) is 5.69 Å². The maximum absolute atomic E-state index is 12.5. The monoisotopic (exact) mass is 368 g/mol. The van der Waals surface area contributed by atoms with Crippen LogP contribution in [-0.2, 0) is 11.3 Å². The van der Waals surface area contributed by atoms with E-state index in [0.717, 1.165) is 11.3 Å². The van der Waals surface area contributed by atoms with Crippen molar-refractivity contribution in [3.05, 3.63) is 70.7 Å². The van der Waals surface area contributed by atoms with Gasteiger partial charge in [0.2, 0.25) is 0 Å². The summed E-state index contributed by atoms with van der Waals surface area (Å²) in [5, 5.41) is 11.1. The molecule has 9 nitrogen and oxygen atoms in total. The largest absolute Gasteiger partial charge is 0.383 e. The summed E-state index contributed by atoms with van der Waals surface area (Å²) in [5.74, 6) is -0.353. The highest BCUT2D eigenvalue weighted by Gasteiger charge is 2.14. The smallest absolute Gasteiger partial charge is 0.272 e. The Kier molecular flexibility index (Phi) is 5.72. The van der Waals surface area contributed by atoms with E-state index in [0.29, 0.717) is 6.61 Å². The molecule has 9 heteroatoms. The number of aromatic nitrogens is 5. The third-order valence-corrected chi connectivity index (χ3v) is 4.03. The Labute approximate surface area is 155 Å². The van der Waals surface area contributed by atoms with Crippen molar-refractivity contribution in [2.45, 2.75) is 19.5 Å². The zero-order chi connectivity index (χ0) is 19.2. The molecule has 1 amide bonds. The molecule has 27 heavy (non-hydrogen) atoms. The van der Waals surface area contributed by atoms with Crippen LogP contribution in [0.2, 0.25) is 0 Å². The fraction of sp³-hybridized carbons (Fsp3) is 0.278. The number of nitrogens with zero attached hydrogens (tertiary/aromatic N) is 5. The molecule has 0 aliphatic carbocycles. The molecule has 0 saturated heterocycles. The van der Waals surface area contributed by atoms with E-state index < -0.39 is 0 Å². The van der Waals surface area contributed by atoms with Crippen molar-refractivity contribution in [3.63, 3.8) is 0 Å². The number of ether oxygens (including phenoxy) is 1. The van der Waals surface area contributed by atoms with Crippen LogP contribution in [0.5, 0.6) is 0 Å². The number of hydrogen-bond acceptors (Lipinski definition) is 6. The van der Waals surface area contributed by atoms with E-state index >= 15 is 0 Å². The Morgan fingerprint density at radius 3 is 2.67 bits per heavy atom. The third-order valence-electron chi connectivity index (χ3n) is 4.03. The van der Waals surface area contributed by atoms with Gasteiger partial charge in [0.05, 0.1) is 24.9 Å². The quantitative estimate of drug-likeness (QED) is 0.666. The lowest BCUT2D eigenvalue weighted by atomic mass is 10.1. The Hall–Kier alpha value is -3.33. The van der Waals surface area contributed by atoms with Gasteiger partial charge in [-0.3, -0.25) is 9.59 Å². The average molecular weight is 368 g/mol. The van der Waals surface area contributed by atoms with E-state index in [9.17, 15) is 9.59 Å². The molecule has 1 N–H and O–H groups in total. The lowest BCUT2D eigenvalue weighted by molar-refractivity contribution is 0.0931. The lowest BCUT2D eigenvalue weighted by Gasteiger charge is -2.15. The first-order valence-corrected chi connectivity index (χ1v) is 8.41. The Balaban J connectivity index is 1.69. The minimum atomic E-state index is -0.353. The van der Waals surface area contributed by atoms with E-state index in [2.05, 4.69) is 20.5 Å². The first-order chi connectivity index (χ1) is 13.1. The number of hydrogen-bond donors (Lipinski definition) is 1. The molecule has 0 aliphatic heterocycles. The second-order valence-electron chi connectivity index (χ2n) is 5.90. The van der Waals surface area contributed by atoms with Crippen molar-refractivity contribution in [1.29, 1.82) is 0 Å². The summed E-state index contributed by atoms with van der Waals surface area (Å²) in [6, 6.07) is 10.1. The van der Waals surface area contributed by atoms with Crippen molar-refractivity contribution >= 4 is 5.91 Å². The van der Waals surface area contributed by atoms with Crippen LogP contribution in [0.15, 0.2) is 53.8 Å². The number of nitrogens with one attached hydrogen (secondary N) is 1. The van der Waals surface area contributed by atoms with E-state index in [1.165, 1.54) is 30.3 Å². The highest BCUT2D eigenvalue weighted by atomic mass is 16.5. The average Bonchev–Trinajstić information content (AvgIpc) is 3.22. The van der Waals surface area contributed by atoms with Crippen LogP contribution in [0, 0.1) is 0 Å². The van der Waals surface area contributed by atoms with Crippen molar-refractivity contribution in [1.82, 2.24) is 29.9 Å². The van der Waals surface area contributed by atoms with Gasteiger partial charge in [-0.1, -0.05) is 12.1 Å². The predicted molar refractivity (Wildman–Crippen MR) is 97.6 cm³/mol. The van der Waals surface area contributed by atoms with Crippen molar-refractivity contribution < 1.29 is 9.53 Å². The van der Waals surface area contributed by atoms with E-state index in [-0.39, 0.29) is 29.7 Å². The summed E-state index contributed by atoms with van der Waals surface area (Å²) in [5.41, 5.74) is 1.71. The van der Waals surface area contributed by atoms with Gasteiger partial charge in [0.25, 0.3) is 11.5 Å². The molecule has 0 radical (unpaired) electrons. The molecule has 1 atom stereocenters. The molecule has 2 heterocycles. The second kappa shape index (κ2) is 8.37. The summed E-state index contributed by atoms with van der Waals surface area (Å²) in [7, 11) is 1.54. The first kappa shape index (κ1) is 18.5. The SMILES string of the molecule is COCCn1nc(C(=O)NC(C)c2ccc(-n3cncn3)cc2)ccc1=O. The topological polar surface area (TPSA) is 104 Å². The molecule has 0 spiro atoms. The zero-order valence-corrected chi connectivity index (χ0v) is 15.1. The lowest BCUT2D eigenvalue weighted by Crippen LogP contribution is -2.31. The molecule has 1 unspecified atom stereocenters. The van der Waals surface area contributed by atoms with E-state index in [1.54, 1.807) is 11.0 Å². The normalized spacial score (nSPS) is 11.9. The van der Waals surface area contributed by atoms with Crippen LogP contribution in [0.1, 0.15) is 29.0 Å². The van der Waals surface area contributed by atoms with Gasteiger partial charge in [-0.2, -0.15) is 10.2 Å². The molecular formula is C18H20N6O3. The van der Waals surface area contributed by atoms with Crippen LogP contribution in [0.3, 0.4) is 0 Å². The maximum Gasteiger partial charge on any atom is 0.272 e. The molecule has 3 rings (SSSR count). The number of rotatable bonds is 7. The van der Waals surface area contributed by atoms with Gasteiger partial charge in [0.15, 0.2) is 0 Å². The third kappa shape index (κ3) is 4.45. The minimum Gasteiger partial charge on any atom is -0.383 e. The molecule has 0 aliphatic rings. The Morgan fingerprint density at radius 1 is 1.22 bits per heavy atom. The van der Waals surface area contributed by atoms with Gasteiger partial charge in [-0.15, -0.1) is 0 Å². The fourth-order valence-corrected chi connectivity index (χ4v) is 2.52. The molecular weight excluding hydrogens is 348 g/mol. The molecule has 0 bridgehead atoms. The maximum atomic E-state index is 12.5. The van der Waals surface area contributed by atoms with Gasteiger partial charge in [0, 0.05) is 13.2 Å². The Bertz CT molecular complexity index is 950. The standard InChI is InChI=1S/C18H20N6O3/c1-13(14-3-5-15(6-4-14)24-12-19-11-20-24)21-18(26)16-7-8-17(25)23(22-16)9-10-27-2/h3-8,11-13H,9-10H2,1-2H3,(H,21,26). The molecule has 0 fully saturated rings. The van der Waals surface area contributed by atoms with Gasteiger partial charge in [-0.05, 0) is 30.7 Å². The van der Waals surface area contributed by atoms with Crippen LogP contribution >= 0.6 is 0 Å². The van der Waals surface area contributed by atoms with E-state index in [4.69, 9.17) is 4.74 Å². The second-order valence-corrected chi connectivity index (χ2v) is 5.90. The Morgan fingerprint density at radius 2 is 2.00 bits per heavy atom. The summed E-state index contributed by atoms with van der Waals surface area (Å²) < 4.78 is 7.82. The number of amides is 1. The number of carbonyl (C=O) groups is 1. The van der Waals surface area contributed by atoms with Crippen molar-refractivity contribution in [2.24, 2.45) is 0 Å². The number of benzene rings is 1. The molecule has 0 saturated carbocycles. The zero-order valence-electron chi connectivity index (χ0n) is 15.1. The fourth-order valence-electron chi connectivity index (χ4n) is 2.52. The van der Waals surface area contributed by atoms with Crippen LogP contribution in [0.4, 0.5) is 0 Å². The summed E-state index contributed by atoms with van der Waals surface area (Å²) in [4.78, 5) is 28.2. The molecule has 3 aromatic rings. The number of carbonyl (C=O) groups excluding carboxylic acids is 1. The molecule has 1 aromatic carbocycles. The van der Waals surface area contributed by atoms with E-state index in [1.807, 2.05) is 31.2 Å². The molecule has 140 valence electrons. The predicted octanol–water partition coefficient (Wildman–Crippen LogP) is 0.961. The molecule has 2 aromatic heterocycles. The van der Waals surface area contributed by atoms with Gasteiger partial charge in [-0.25, -0.2) is 14.3 Å². The van der Waals surface area contributed by atoms with Crippen LogP contribution in [0.25, 0.3) is 5.69 Å². The van der Waals surface area contributed by atoms with Crippen molar-refractivity contribution in [2.75, 3.05) is 13.7 Å². The summed E-state index contributed by atoms with van der Waals surface area (Å²) in [6.07, 6.45) is 3.08. The van der Waals surface area contributed by atoms with Gasteiger partial charge >= 0.3 is 0 Å². The number of methoxy groups -OCH3 is 1. The summed E-state index contributed by atoms with van der Waals surface area (Å²) in [6.45, 7) is 2.51. The first-order valence-electron chi connectivity index (χ1n) is 8.41. The minimum absolute atomic E-state index is 0.178.